The van der Waals surface area contributed by atoms with Gasteiger partial charge in [-0.1, -0.05) is 17.4 Å². The van der Waals surface area contributed by atoms with E-state index in [9.17, 15) is 22.4 Å². The van der Waals surface area contributed by atoms with Gasteiger partial charge in [-0.25, -0.2) is 22.5 Å². The highest BCUT2D eigenvalue weighted by atomic mass is 32.1. The number of hydrogen-bond donors (Lipinski definition) is 4. The Morgan fingerprint density at radius 3 is 2.64 bits per heavy atom. The summed E-state index contributed by atoms with van der Waals surface area (Å²) in [5, 5.41) is 2.23. The summed E-state index contributed by atoms with van der Waals surface area (Å²) in [6, 6.07) is 2.62. The predicted octanol–water partition coefficient (Wildman–Crippen LogP) is 2.29. The monoisotopic (exact) mass is 485 g/mol. The summed E-state index contributed by atoms with van der Waals surface area (Å²) in [5.41, 5.74) is 16.5. The van der Waals surface area contributed by atoms with Crippen molar-refractivity contribution in [3.8, 4) is 10.6 Å². The molecule has 1 amide bonds. The Morgan fingerprint density at radius 2 is 2.03 bits per heavy atom. The van der Waals surface area contributed by atoms with Crippen molar-refractivity contribution in [2.45, 2.75) is 24.8 Å². The number of carbonyl (C=O) groups is 1. The van der Waals surface area contributed by atoms with Gasteiger partial charge in [0.2, 0.25) is 0 Å². The molecule has 1 aliphatic heterocycles. The summed E-state index contributed by atoms with van der Waals surface area (Å²) in [4.78, 5) is 22.1. The quantitative estimate of drug-likeness (QED) is 0.298. The van der Waals surface area contributed by atoms with Crippen LogP contribution < -0.4 is 22.5 Å². The first-order valence-corrected chi connectivity index (χ1v) is 10.7. The number of amidine groups is 1. The van der Waals surface area contributed by atoms with E-state index < -0.39 is 48.0 Å². The molecule has 1 saturated heterocycles. The number of thiazole rings is 1. The molecule has 2 heterocycles. The van der Waals surface area contributed by atoms with Crippen molar-refractivity contribution in [1.29, 1.82) is 0 Å². The topological polar surface area (TPSA) is 136 Å². The van der Waals surface area contributed by atoms with Gasteiger partial charge < -0.3 is 27.4 Å². The van der Waals surface area contributed by atoms with Crippen LogP contribution in [0.4, 0.5) is 22.6 Å². The summed E-state index contributed by atoms with van der Waals surface area (Å²) in [6.45, 7) is -0.484. The zero-order chi connectivity index (χ0) is 24.3. The minimum Gasteiger partial charge on any atom is -0.403 e. The highest BCUT2D eigenvalue weighted by Crippen LogP contribution is 2.33. The van der Waals surface area contributed by atoms with Crippen molar-refractivity contribution in [3.63, 3.8) is 0 Å². The van der Waals surface area contributed by atoms with Crippen molar-refractivity contribution in [3.05, 3.63) is 47.4 Å². The van der Waals surface area contributed by atoms with Gasteiger partial charge in [0.25, 0.3) is 11.8 Å². The number of nitrogens with two attached hydrogens (primary N) is 3. The lowest BCUT2D eigenvalue weighted by molar-refractivity contribution is -0.0203. The molecule has 1 aromatic heterocycles. The van der Waals surface area contributed by atoms with Gasteiger partial charge in [-0.2, -0.15) is 0 Å². The lowest BCUT2D eigenvalue weighted by Crippen LogP contribution is -2.44. The van der Waals surface area contributed by atoms with Gasteiger partial charge in [0.15, 0.2) is 5.69 Å². The van der Waals surface area contributed by atoms with Crippen LogP contribution in [0.15, 0.2) is 35.1 Å². The van der Waals surface area contributed by atoms with E-state index in [4.69, 9.17) is 17.2 Å². The SMILES string of the molecule is CN=C(/C(=C\N)NC(=O)c1nc(-c2c(F)cccc2F)sc1N)N1CC[C@H](N)CC(F)(F)C1. The molecule has 178 valence electrons. The van der Waals surface area contributed by atoms with E-state index in [1.165, 1.54) is 18.0 Å². The molecule has 0 saturated carbocycles. The number of anilines is 1. The maximum absolute atomic E-state index is 14.2. The molecule has 0 bridgehead atoms. The van der Waals surface area contributed by atoms with Crippen LogP contribution in [0.5, 0.6) is 0 Å². The van der Waals surface area contributed by atoms with Crippen molar-refractivity contribution in [1.82, 2.24) is 15.2 Å². The molecule has 0 aliphatic carbocycles. The lowest BCUT2D eigenvalue weighted by Gasteiger charge is -2.28. The standard InChI is InChI=1S/C20H23F4N7OS/c1-28-17(31-6-5-10(26)7-20(23,24)9-31)13(8-25)29-18(32)15-16(27)33-19(30-15)14-11(21)3-2-4-12(14)22/h2-4,8,10H,5-7,9,25-27H2,1H3,(H,29,32)/b13-8+,28-17?/t10-/m0/s1. The molecule has 0 spiro atoms. The van der Waals surface area contributed by atoms with Gasteiger partial charge in [-0.05, 0) is 18.6 Å². The smallest absolute Gasteiger partial charge is 0.277 e. The summed E-state index contributed by atoms with van der Waals surface area (Å²) in [7, 11) is 1.37. The highest BCUT2D eigenvalue weighted by Gasteiger charge is 2.38. The first kappa shape index (κ1) is 24.5. The number of likely N-dealkylation sites (tertiary alicyclic amines) is 1. The Balaban J connectivity index is 1.85. The minimum atomic E-state index is -3.06. The normalized spacial score (nSPS) is 19.3. The molecule has 0 unspecified atom stereocenters. The Kier molecular flexibility index (Phi) is 7.22. The van der Waals surface area contributed by atoms with E-state index in [-0.39, 0.29) is 40.2 Å². The number of carbonyl (C=O) groups excluding carboxylic acids is 1. The zero-order valence-electron chi connectivity index (χ0n) is 17.6. The van der Waals surface area contributed by atoms with Crippen LogP contribution in [0.25, 0.3) is 10.6 Å². The fourth-order valence-electron chi connectivity index (χ4n) is 3.50. The summed E-state index contributed by atoms with van der Waals surface area (Å²) < 4.78 is 56.7. The highest BCUT2D eigenvalue weighted by molar-refractivity contribution is 7.19. The first-order valence-electron chi connectivity index (χ1n) is 9.85. The van der Waals surface area contributed by atoms with E-state index in [0.717, 1.165) is 29.7 Å². The number of hydrogen-bond acceptors (Lipinski definition) is 7. The largest absolute Gasteiger partial charge is 0.403 e. The van der Waals surface area contributed by atoms with Gasteiger partial charge in [-0.15, -0.1) is 0 Å². The molecule has 3 rings (SSSR count). The average Bonchev–Trinajstić information content (AvgIpc) is 3.05. The number of benzene rings is 1. The molecular weight excluding hydrogens is 462 g/mol. The van der Waals surface area contributed by atoms with Gasteiger partial charge in [0.05, 0.1) is 17.8 Å². The number of aromatic nitrogens is 1. The summed E-state index contributed by atoms with van der Waals surface area (Å²) in [6.07, 6.45) is 0.819. The Labute approximate surface area is 191 Å². The van der Waals surface area contributed by atoms with Crippen molar-refractivity contribution in [2.24, 2.45) is 16.5 Å². The number of rotatable bonds is 4. The molecule has 33 heavy (non-hydrogen) atoms. The fraction of sp³-hybridized carbons (Fsp3) is 0.350. The average molecular weight is 486 g/mol. The molecule has 1 aliphatic rings. The molecule has 2 aromatic rings. The number of nitrogen functional groups attached to an aromatic ring is 1. The third kappa shape index (κ3) is 5.42. The predicted molar refractivity (Wildman–Crippen MR) is 119 cm³/mol. The maximum atomic E-state index is 14.2. The van der Waals surface area contributed by atoms with E-state index in [1.54, 1.807) is 0 Å². The molecule has 7 N–H and O–H groups in total. The van der Waals surface area contributed by atoms with Crippen molar-refractivity contribution >= 4 is 28.1 Å². The second kappa shape index (κ2) is 9.75. The maximum Gasteiger partial charge on any atom is 0.277 e. The Morgan fingerprint density at radius 1 is 1.36 bits per heavy atom. The zero-order valence-corrected chi connectivity index (χ0v) is 18.4. The molecule has 1 fully saturated rings. The van der Waals surface area contributed by atoms with E-state index in [1.807, 2.05) is 0 Å². The Bertz CT molecular complexity index is 1080. The van der Waals surface area contributed by atoms with Crippen LogP contribution in [-0.4, -0.2) is 53.7 Å². The molecule has 1 aromatic carbocycles. The van der Waals surface area contributed by atoms with Crippen LogP contribution in [0.2, 0.25) is 0 Å². The molecule has 8 nitrogen and oxygen atoms in total. The van der Waals surface area contributed by atoms with Gasteiger partial charge in [0.1, 0.15) is 27.5 Å². The second-order valence-corrected chi connectivity index (χ2v) is 8.47. The molecular formula is C20H23F4N7OS. The molecule has 1 atom stereocenters. The van der Waals surface area contributed by atoms with Gasteiger partial charge in [-0.3, -0.25) is 9.79 Å². The number of nitrogens with one attached hydrogen (secondary N) is 1. The number of alkyl halides is 2. The minimum absolute atomic E-state index is 0.0220. The van der Waals surface area contributed by atoms with Gasteiger partial charge in [0, 0.05) is 32.3 Å². The number of nitrogens with zero attached hydrogens (tertiary/aromatic N) is 3. The first-order chi connectivity index (χ1) is 15.6. The second-order valence-electron chi connectivity index (χ2n) is 7.44. The number of halogens is 4. The molecule has 13 heteroatoms. The van der Waals surface area contributed by atoms with E-state index in [0.29, 0.717) is 0 Å². The Hall–Kier alpha value is -3.19. The number of amides is 1. The van der Waals surface area contributed by atoms with E-state index >= 15 is 0 Å². The van der Waals surface area contributed by atoms with Crippen LogP contribution >= 0.6 is 11.3 Å². The summed E-state index contributed by atoms with van der Waals surface area (Å²) >= 11 is 0.725. The summed E-state index contributed by atoms with van der Waals surface area (Å²) in [5.74, 6) is -5.61. The van der Waals surface area contributed by atoms with Gasteiger partial charge >= 0.3 is 0 Å². The van der Waals surface area contributed by atoms with Crippen molar-refractivity contribution < 1.29 is 22.4 Å². The van der Waals surface area contributed by atoms with Crippen LogP contribution in [0, 0.1) is 11.6 Å². The van der Waals surface area contributed by atoms with Crippen molar-refractivity contribution in [2.75, 3.05) is 25.9 Å². The lowest BCUT2D eigenvalue weighted by atomic mass is 10.1. The van der Waals surface area contributed by atoms with Crippen LogP contribution in [0.3, 0.4) is 0 Å². The number of aliphatic imine (C=N–C) groups is 1. The van der Waals surface area contributed by atoms with Crippen LogP contribution in [0.1, 0.15) is 23.3 Å². The third-order valence-corrected chi connectivity index (χ3v) is 5.87. The van der Waals surface area contributed by atoms with Crippen LogP contribution in [-0.2, 0) is 0 Å². The molecule has 0 radical (unpaired) electrons. The fourth-order valence-corrected chi connectivity index (χ4v) is 4.38. The van der Waals surface area contributed by atoms with E-state index in [2.05, 4.69) is 15.3 Å². The third-order valence-electron chi connectivity index (χ3n) is 4.97.